The van der Waals surface area contributed by atoms with E-state index in [0.29, 0.717) is 0 Å². The van der Waals surface area contributed by atoms with E-state index in [4.69, 9.17) is 5.53 Å². The fourth-order valence-corrected chi connectivity index (χ4v) is 0.288. The first kappa shape index (κ1) is 6.42. The number of primary amides is 1. The minimum Gasteiger partial charge on any atom is -0.369 e. The normalized spacial score (nSPS) is 8.00. The van der Waals surface area contributed by atoms with E-state index in [-0.39, 0.29) is 5.75 Å². The Kier molecular flexibility index (Phi) is 3.31. The largest absolute Gasteiger partial charge is 0.369 e. The van der Waals surface area contributed by atoms with E-state index in [1.54, 1.807) is 0 Å². The van der Waals surface area contributed by atoms with Crippen molar-refractivity contribution in [3.8, 4) is 0 Å². The van der Waals surface area contributed by atoms with Crippen LogP contribution in [0, 0.1) is 5.53 Å². The average molecular weight is 119 g/mol. The lowest BCUT2D eigenvalue weighted by molar-refractivity contribution is -0.115. The van der Waals surface area contributed by atoms with Crippen LogP contribution in [0.15, 0.2) is 4.52 Å². The van der Waals surface area contributed by atoms with Gasteiger partial charge in [0.05, 0.1) is 5.75 Å². The maximum absolute atomic E-state index is 9.82. The average Bonchev–Trinajstić information content (AvgIpc) is 1.61. The summed E-state index contributed by atoms with van der Waals surface area (Å²) in [6.07, 6.45) is 0. The number of carbonyl (C=O) groups excluding carboxylic acids is 1. The minimum atomic E-state index is -0.444. The van der Waals surface area contributed by atoms with E-state index < -0.39 is 5.91 Å². The van der Waals surface area contributed by atoms with E-state index >= 15 is 0 Å². The summed E-state index contributed by atoms with van der Waals surface area (Å²) < 4.78 is 2.84. The van der Waals surface area contributed by atoms with Crippen LogP contribution in [-0.4, -0.2) is 11.7 Å². The summed E-state index contributed by atoms with van der Waals surface area (Å²) in [4.78, 5) is 9.82. The van der Waals surface area contributed by atoms with E-state index in [9.17, 15) is 4.79 Å². The van der Waals surface area contributed by atoms with Crippen LogP contribution in [-0.2, 0) is 4.79 Å². The quantitative estimate of drug-likeness (QED) is 0.409. The van der Waals surface area contributed by atoms with Crippen LogP contribution in [0.1, 0.15) is 0 Å². The van der Waals surface area contributed by atoms with Gasteiger partial charge in [-0.1, -0.05) is 0 Å². The molecule has 0 saturated carbocycles. The highest BCUT2D eigenvalue weighted by Crippen LogP contribution is 1.96. The molecule has 0 aliphatic heterocycles. The number of hydrogen-bond donors (Lipinski definition) is 2. The van der Waals surface area contributed by atoms with E-state index in [1.807, 2.05) is 0 Å². The lowest BCUT2D eigenvalue weighted by Gasteiger charge is -1.81. The smallest absolute Gasteiger partial charge is 0.229 e. The molecule has 0 aromatic heterocycles. The molecule has 0 radical (unpaired) electrons. The predicted octanol–water partition coefficient (Wildman–Crippen LogP) is 0.151. The summed E-state index contributed by atoms with van der Waals surface area (Å²) in [5.74, 6) is -0.343. The highest BCUT2D eigenvalue weighted by atomic mass is 32.2. The third kappa shape index (κ3) is 5.42. The molecule has 0 rings (SSSR count). The number of hydrogen-bond acceptors (Lipinski definition) is 4. The van der Waals surface area contributed by atoms with Crippen LogP contribution >= 0.6 is 11.9 Å². The van der Waals surface area contributed by atoms with Gasteiger partial charge in [-0.2, -0.15) is 5.53 Å². The Labute approximate surface area is 45.1 Å². The third-order valence-corrected chi connectivity index (χ3v) is 0.814. The highest BCUT2D eigenvalue weighted by molar-refractivity contribution is 7.98. The van der Waals surface area contributed by atoms with Crippen molar-refractivity contribution < 1.29 is 4.79 Å². The molecule has 5 heteroatoms. The van der Waals surface area contributed by atoms with Gasteiger partial charge in [0.1, 0.15) is 0 Å². The summed E-state index contributed by atoms with van der Waals surface area (Å²) in [6.45, 7) is 0. The Balaban J connectivity index is 2.97. The lowest BCUT2D eigenvalue weighted by atomic mass is 10.8. The van der Waals surface area contributed by atoms with Crippen molar-refractivity contribution in [2.24, 2.45) is 10.3 Å². The summed E-state index contributed by atoms with van der Waals surface area (Å²) in [5.41, 5.74) is 10.9. The molecule has 40 valence electrons. The van der Waals surface area contributed by atoms with Gasteiger partial charge in [-0.25, -0.2) is 0 Å². The molecule has 0 aromatic carbocycles. The first-order valence-electron chi connectivity index (χ1n) is 1.54. The second-order valence-electron chi connectivity index (χ2n) is 0.831. The SMILES string of the molecule is N=NSCC(N)=O. The van der Waals surface area contributed by atoms with Crippen molar-refractivity contribution in [1.82, 2.24) is 0 Å². The van der Waals surface area contributed by atoms with Crippen LogP contribution in [0.2, 0.25) is 0 Å². The molecule has 7 heavy (non-hydrogen) atoms. The monoisotopic (exact) mass is 119 g/mol. The first-order valence-corrected chi connectivity index (χ1v) is 2.48. The molecule has 0 aliphatic carbocycles. The summed E-state index contributed by atoms with van der Waals surface area (Å²) in [7, 11) is 0. The molecular weight excluding hydrogens is 114 g/mol. The van der Waals surface area contributed by atoms with Crippen molar-refractivity contribution in [2.45, 2.75) is 0 Å². The van der Waals surface area contributed by atoms with Crippen molar-refractivity contribution in [2.75, 3.05) is 5.75 Å². The Hall–Kier alpha value is -0.580. The van der Waals surface area contributed by atoms with Crippen LogP contribution < -0.4 is 5.73 Å². The summed E-state index contributed by atoms with van der Waals surface area (Å²) >= 11 is 0.833. The van der Waals surface area contributed by atoms with Gasteiger partial charge in [0.25, 0.3) is 0 Å². The second kappa shape index (κ2) is 3.60. The molecule has 0 aromatic rings. The fourth-order valence-electron chi connectivity index (χ4n) is 0.0959. The topological polar surface area (TPSA) is 79.3 Å². The number of nitrogens with zero attached hydrogens (tertiary/aromatic N) is 1. The molecule has 4 nitrogen and oxygen atoms in total. The van der Waals surface area contributed by atoms with E-state index in [2.05, 4.69) is 10.3 Å². The summed E-state index contributed by atoms with van der Waals surface area (Å²) in [5, 5.41) is 0. The predicted molar refractivity (Wildman–Crippen MR) is 26.8 cm³/mol. The Morgan fingerprint density at radius 3 is 2.71 bits per heavy atom. The summed E-state index contributed by atoms with van der Waals surface area (Å²) in [6, 6.07) is 0. The molecule has 0 fully saturated rings. The number of rotatable bonds is 3. The fraction of sp³-hybridized carbons (Fsp3) is 0.500. The molecule has 0 spiro atoms. The van der Waals surface area contributed by atoms with Crippen LogP contribution in [0.3, 0.4) is 0 Å². The molecule has 1 amide bonds. The van der Waals surface area contributed by atoms with E-state index in [1.165, 1.54) is 0 Å². The lowest BCUT2D eigenvalue weighted by Crippen LogP contribution is -2.12. The van der Waals surface area contributed by atoms with Gasteiger partial charge < -0.3 is 5.73 Å². The van der Waals surface area contributed by atoms with Crippen LogP contribution in [0.25, 0.3) is 0 Å². The maximum atomic E-state index is 9.82. The van der Waals surface area contributed by atoms with Crippen molar-refractivity contribution >= 4 is 17.9 Å². The first-order chi connectivity index (χ1) is 3.27. The van der Waals surface area contributed by atoms with E-state index in [0.717, 1.165) is 11.9 Å². The van der Waals surface area contributed by atoms with Gasteiger partial charge in [0.15, 0.2) is 0 Å². The van der Waals surface area contributed by atoms with Crippen LogP contribution in [0.5, 0.6) is 0 Å². The molecule has 0 heterocycles. The molecule has 0 saturated heterocycles. The highest BCUT2D eigenvalue weighted by Gasteiger charge is 1.89. The van der Waals surface area contributed by atoms with Crippen molar-refractivity contribution in [1.29, 1.82) is 5.53 Å². The molecule has 0 atom stereocenters. The Bertz CT molecular complexity index is 83.0. The van der Waals surface area contributed by atoms with Gasteiger partial charge in [-0.3, -0.25) is 4.79 Å². The number of carbonyl (C=O) groups is 1. The molecule has 3 N–H and O–H groups in total. The standard InChI is InChI=1S/C2H5N3OS/c3-2(6)1-7-5-4/h4H,1H2,(H2,3,6). The number of amides is 1. The maximum Gasteiger partial charge on any atom is 0.229 e. The van der Waals surface area contributed by atoms with Gasteiger partial charge in [-0.05, 0) is 0 Å². The second-order valence-corrected chi connectivity index (χ2v) is 1.56. The minimum absolute atomic E-state index is 0.101. The van der Waals surface area contributed by atoms with Gasteiger partial charge in [-0.15, -0.1) is 4.52 Å². The van der Waals surface area contributed by atoms with Crippen LogP contribution in [0.4, 0.5) is 0 Å². The zero-order valence-electron chi connectivity index (χ0n) is 3.55. The molecule has 0 aliphatic rings. The zero-order chi connectivity index (χ0) is 5.70. The van der Waals surface area contributed by atoms with Gasteiger partial charge >= 0.3 is 0 Å². The van der Waals surface area contributed by atoms with Crippen molar-refractivity contribution in [3.05, 3.63) is 0 Å². The molecule has 0 bridgehead atoms. The Morgan fingerprint density at radius 2 is 2.57 bits per heavy atom. The van der Waals surface area contributed by atoms with Gasteiger partial charge in [0, 0.05) is 11.9 Å². The van der Waals surface area contributed by atoms with Crippen molar-refractivity contribution in [3.63, 3.8) is 0 Å². The molecule has 0 unspecified atom stereocenters. The zero-order valence-corrected chi connectivity index (χ0v) is 4.36. The Morgan fingerprint density at radius 1 is 2.00 bits per heavy atom. The number of nitrogens with one attached hydrogen (secondary N) is 1. The van der Waals surface area contributed by atoms with Gasteiger partial charge in [0.2, 0.25) is 5.91 Å². The third-order valence-electron chi connectivity index (χ3n) is 0.271. The number of nitrogens with two attached hydrogens (primary N) is 1. The molecular formula is C2H5N3OS.